The number of carbonyl (C=O) groups is 1. The van der Waals surface area contributed by atoms with E-state index >= 15 is 0 Å². The van der Waals surface area contributed by atoms with Crippen molar-refractivity contribution in [3.63, 3.8) is 0 Å². The zero-order valence-corrected chi connectivity index (χ0v) is 14.8. The molecule has 1 aliphatic heterocycles. The Morgan fingerprint density at radius 2 is 2.08 bits per heavy atom. The summed E-state index contributed by atoms with van der Waals surface area (Å²) in [4.78, 5) is 13.7. The maximum Gasteiger partial charge on any atom is 0.279 e. The van der Waals surface area contributed by atoms with Crippen LogP contribution in [0.15, 0.2) is 12.1 Å². The Kier molecular flexibility index (Phi) is 7.04. The first-order chi connectivity index (χ1) is 12.1. The minimum Gasteiger partial charge on any atom is -0.493 e. The molecule has 136 valence electrons. The van der Waals surface area contributed by atoms with E-state index in [0.717, 1.165) is 25.8 Å². The van der Waals surface area contributed by atoms with Gasteiger partial charge in [-0.15, -0.1) is 0 Å². The number of hydrogen-bond acceptors (Lipinski definition) is 5. The van der Waals surface area contributed by atoms with Crippen LogP contribution in [0, 0.1) is 11.3 Å². The number of aliphatic hydroxyl groups excluding tert-OH is 1. The number of ether oxygens (including phenoxy) is 2. The van der Waals surface area contributed by atoms with Crippen molar-refractivity contribution in [3.05, 3.63) is 17.7 Å². The van der Waals surface area contributed by atoms with Gasteiger partial charge in [0.1, 0.15) is 6.07 Å². The number of methoxy groups -OCH3 is 2. The average molecular weight is 348 g/mol. The van der Waals surface area contributed by atoms with Crippen LogP contribution in [-0.2, 0) is 4.79 Å². The molecule has 0 saturated carbocycles. The third kappa shape index (κ3) is 4.84. The molecule has 1 saturated heterocycles. The van der Waals surface area contributed by atoms with E-state index in [0.29, 0.717) is 41.8 Å². The van der Waals surface area contributed by atoms with Gasteiger partial charge < -0.3 is 24.8 Å². The normalized spacial score (nSPS) is 19.8. The first-order valence-corrected chi connectivity index (χ1v) is 8.54. The van der Waals surface area contributed by atoms with Gasteiger partial charge in [-0.3, -0.25) is 4.79 Å². The lowest BCUT2D eigenvalue weighted by Gasteiger charge is -2.31. The lowest BCUT2D eigenvalue weighted by Crippen LogP contribution is -3.17. The van der Waals surface area contributed by atoms with Crippen LogP contribution >= 0.6 is 0 Å². The molecule has 1 aliphatic rings. The third-order valence-electron chi connectivity index (χ3n) is 4.66. The summed E-state index contributed by atoms with van der Waals surface area (Å²) in [6, 6.07) is 5.54. The van der Waals surface area contributed by atoms with E-state index in [1.807, 2.05) is 0 Å². The molecule has 3 N–H and O–H groups in total. The molecular formula is C18H26N3O4+. The highest BCUT2D eigenvalue weighted by atomic mass is 16.5. The number of anilines is 1. The number of aliphatic hydroxyl groups is 1. The number of quaternary nitrogens is 1. The summed E-state index contributed by atoms with van der Waals surface area (Å²) in [5.41, 5.74) is 0.742. The Hall–Kier alpha value is -2.30. The molecule has 0 radical (unpaired) electrons. The minimum absolute atomic E-state index is 0.143. The van der Waals surface area contributed by atoms with E-state index in [9.17, 15) is 15.2 Å². The van der Waals surface area contributed by atoms with E-state index in [1.165, 1.54) is 19.1 Å². The summed E-state index contributed by atoms with van der Waals surface area (Å²) in [5.74, 6) is 0.755. The molecule has 1 heterocycles. The first kappa shape index (κ1) is 19.0. The fraction of sp³-hybridized carbons (Fsp3) is 0.556. The number of hydrogen-bond donors (Lipinski definition) is 3. The quantitative estimate of drug-likeness (QED) is 0.660. The molecule has 0 spiro atoms. The monoisotopic (exact) mass is 348 g/mol. The standard InChI is InChI=1S/C18H25N3O4/c1-24-16-9-13(11-19)15(10-17(16)25-2)20-18(23)12-21-7-4-3-5-14(21)6-8-22/h9-10,14,22H,3-8,12H2,1-2H3,(H,20,23)/p+1/t14-/m1/s1. The second kappa shape index (κ2) is 9.25. The van der Waals surface area contributed by atoms with Crippen LogP contribution in [0.5, 0.6) is 11.5 Å². The van der Waals surface area contributed by atoms with Crippen LogP contribution in [0.3, 0.4) is 0 Å². The fourth-order valence-electron chi connectivity index (χ4n) is 3.36. The smallest absolute Gasteiger partial charge is 0.279 e. The molecule has 0 bridgehead atoms. The van der Waals surface area contributed by atoms with Gasteiger partial charge in [0.15, 0.2) is 18.0 Å². The van der Waals surface area contributed by atoms with Crippen LogP contribution in [0.2, 0.25) is 0 Å². The number of piperidine rings is 1. The molecule has 2 atom stereocenters. The second-order valence-corrected chi connectivity index (χ2v) is 6.20. The highest BCUT2D eigenvalue weighted by molar-refractivity contribution is 5.93. The molecule has 0 aromatic heterocycles. The largest absolute Gasteiger partial charge is 0.493 e. The molecule has 1 amide bonds. The molecule has 1 fully saturated rings. The van der Waals surface area contributed by atoms with Gasteiger partial charge >= 0.3 is 0 Å². The van der Waals surface area contributed by atoms with Crippen molar-refractivity contribution in [2.75, 3.05) is 39.2 Å². The molecule has 2 rings (SSSR count). The van der Waals surface area contributed by atoms with Gasteiger partial charge in [-0.1, -0.05) is 0 Å². The molecule has 7 nitrogen and oxygen atoms in total. The van der Waals surface area contributed by atoms with Gasteiger partial charge in [-0.25, -0.2) is 0 Å². The summed E-state index contributed by atoms with van der Waals surface area (Å²) in [6.45, 7) is 1.39. The summed E-state index contributed by atoms with van der Waals surface area (Å²) < 4.78 is 10.4. The Bertz CT molecular complexity index is 640. The van der Waals surface area contributed by atoms with Crippen LogP contribution in [0.4, 0.5) is 5.69 Å². The first-order valence-electron chi connectivity index (χ1n) is 8.54. The Labute approximate surface area is 148 Å². The van der Waals surface area contributed by atoms with E-state index in [2.05, 4.69) is 11.4 Å². The molecule has 0 aliphatic carbocycles. The lowest BCUT2D eigenvalue weighted by atomic mass is 9.99. The number of likely N-dealkylation sites (tertiary alicyclic amines) is 1. The molecular weight excluding hydrogens is 322 g/mol. The van der Waals surface area contributed by atoms with Crippen molar-refractivity contribution in [3.8, 4) is 17.6 Å². The number of nitrogens with zero attached hydrogens (tertiary/aromatic N) is 1. The van der Waals surface area contributed by atoms with Gasteiger partial charge in [0.2, 0.25) is 0 Å². The number of benzene rings is 1. The lowest BCUT2D eigenvalue weighted by molar-refractivity contribution is -0.923. The van der Waals surface area contributed by atoms with Gasteiger partial charge in [0, 0.05) is 25.2 Å². The maximum atomic E-state index is 12.5. The maximum absolute atomic E-state index is 12.5. The molecule has 1 unspecified atom stereocenters. The topological polar surface area (TPSA) is 96.0 Å². The van der Waals surface area contributed by atoms with Crippen molar-refractivity contribution in [2.45, 2.75) is 31.7 Å². The van der Waals surface area contributed by atoms with Crippen LogP contribution in [0.25, 0.3) is 0 Å². The Morgan fingerprint density at radius 3 is 2.72 bits per heavy atom. The zero-order chi connectivity index (χ0) is 18.2. The van der Waals surface area contributed by atoms with Crippen molar-refractivity contribution in [1.82, 2.24) is 0 Å². The van der Waals surface area contributed by atoms with E-state index in [4.69, 9.17) is 9.47 Å². The van der Waals surface area contributed by atoms with E-state index < -0.39 is 0 Å². The predicted molar refractivity (Wildman–Crippen MR) is 92.9 cm³/mol. The molecule has 1 aromatic carbocycles. The second-order valence-electron chi connectivity index (χ2n) is 6.20. The highest BCUT2D eigenvalue weighted by Gasteiger charge is 2.27. The van der Waals surface area contributed by atoms with Crippen molar-refractivity contribution >= 4 is 11.6 Å². The van der Waals surface area contributed by atoms with E-state index in [1.54, 1.807) is 12.1 Å². The predicted octanol–water partition coefficient (Wildman–Crippen LogP) is 0.334. The SMILES string of the molecule is COc1cc(C#N)c(NC(=O)C[NH+]2CCCC[C@@H]2CCO)cc1OC. The summed E-state index contributed by atoms with van der Waals surface area (Å²) >= 11 is 0. The fourth-order valence-corrected chi connectivity index (χ4v) is 3.36. The van der Waals surface area contributed by atoms with Gasteiger partial charge in [0.25, 0.3) is 5.91 Å². The van der Waals surface area contributed by atoms with Crippen LogP contribution in [0.1, 0.15) is 31.2 Å². The summed E-state index contributed by atoms with van der Waals surface area (Å²) in [6.07, 6.45) is 3.97. The minimum atomic E-state index is -0.149. The number of nitriles is 1. The van der Waals surface area contributed by atoms with Crippen molar-refractivity contribution < 1.29 is 24.3 Å². The van der Waals surface area contributed by atoms with E-state index in [-0.39, 0.29) is 12.5 Å². The summed E-state index contributed by atoms with van der Waals surface area (Å²) in [7, 11) is 3.01. The Morgan fingerprint density at radius 1 is 1.36 bits per heavy atom. The van der Waals surface area contributed by atoms with Crippen LogP contribution < -0.4 is 19.7 Å². The molecule has 25 heavy (non-hydrogen) atoms. The van der Waals surface area contributed by atoms with Crippen molar-refractivity contribution in [1.29, 1.82) is 5.26 Å². The third-order valence-corrected chi connectivity index (χ3v) is 4.66. The molecule has 1 aromatic rings. The highest BCUT2D eigenvalue weighted by Crippen LogP contribution is 2.32. The number of rotatable bonds is 7. The average Bonchev–Trinajstić information content (AvgIpc) is 2.63. The number of nitrogens with one attached hydrogen (secondary N) is 2. The number of carbonyl (C=O) groups excluding carboxylic acids is 1. The van der Waals surface area contributed by atoms with Gasteiger partial charge in [-0.2, -0.15) is 5.26 Å². The van der Waals surface area contributed by atoms with Crippen LogP contribution in [-0.4, -0.2) is 51.0 Å². The van der Waals surface area contributed by atoms with Gasteiger partial charge in [-0.05, 0) is 19.3 Å². The zero-order valence-electron chi connectivity index (χ0n) is 14.8. The Balaban J connectivity index is 2.10. The van der Waals surface area contributed by atoms with Crippen molar-refractivity contribution in [2.24, 2.45) is 0 Å². The number of amides is 1. The summed E-state index contributed by atoms with van der Waals surface area (Å²) in [5, 5.41) is 21.3. The van der Waals surface area contributed by atoms with Gasteiger partial charge in [0.05, 0.1) is 38.1 Å². The molecule has 7 heteroatoms.